The first-order valence-corrected chi connectivity index (χ1v) is 5.94. The number of hydrogen-bond acceptors (Lipinski definition) is 4. The molecule has 17 heavy (non-hydrogen) atoms. The summed E-state index contributed by atoms with van der Waals surface area (Å²) in [6.07, 6.45) is 0.890. The predicted octanol–water partition coefficient (Wildman–Crippen LogP) is 1.64. The Bertz CT molecular complexity index is 225. The summed E-state index contributed by atoms with van der Waals surface area (Å²) in [5.41, 5.74) is 0. The largest absolute Gasteiger partial charge is 0.463 e. The molecule has 0 spiro atoms. The summed E-state index contributed by atoms with van der Waals surface area (Å²) < 4.78 is 17.7. The van der Waals surface area contributed by atoms with Crippen LogP contribution < -0.4 is 0 Å². The molecule has 0 aromatic carbocycles. The van der Waals surface area contributed by atoms with Crippen molar-refractivity contribution in [1.82, 2.24) is 0 Å². The molecule has 0 aromatic rings. The van der Waals surface area contributed by atoms with Crippen LogP contribution in [0, 0.1) is 11.8 Å². The van der Waals surface area contributed by atoms with Gasteiger partial charge < -0.3 is 14.9 Å². The molecule has 0 radical (unpaired) electrons. The molecule has 0 aromatic heterocycles. The van der Waals surface area contributed by atoms with Gasteiger partial charge in [-0.25, -0.2) is 4.39 Å². The van der Waals surface area contributed by atoms with Crippen molar-refractivity contribution < 1.29 is 24.1 Å². The predicted molar refractivity (Wildman–Crippen MR) is 62.0 cm³/mol. The molecule has 0 fully saturated rings. The molecule has 0 amide bonds. The molecule has 4 nitrogen and oxygen atoms in total. The average Bonchev–Trinajstić information content (AvgIpc) is 2.20. The number of carbonyl (C=O) groups is 1. The van der Waals surface area contributed by atoms with E-state index < -0.39 is 5.85 Å². The van der Waals surface area contributed by atoms with Crippen LogP contribution in [-0.4, -0.2) is 35.3 Å². The Hall–Kier alpha value is -0.680. The smallest absolute Gasteiger partial charge is 0.305 e. The van der Waals surface area contributed by atoms with Crippen LogP contribution in [0.2, 0.25) is 0 Å². The molecule has 0 bridgehead atoms. The standard InChI is InChI=1S/C12H23FO4/c1-9(10(2)8-12(3,13)16)4-5-11(15)17-7-6-14/h9-10,14,16H,4-8H2,1-3H3. The molecular weight excluding hydrogens is 227 g/mol. The van der Waals surface area contributed by atoms with Gasteiger partial charge in [-0.05, 0) is 25.2 Å². The van der Waals surface area contributed by atoms with Crippen molar-refractivity contribution in [1.29, 1.82) is 0 Å². The van der Waals surface area contributed by atoms with Crippen LogP contribution in [0.1, 0.15) is 40.0 Å². The monoisotopic (exact) mass is 250 g/mol. The fourth-order valence-electron chi connectivity index (χ4n) is 1.65. The molecule has 0 aliphatic carbocycles. The van der Waals surface area contributed by atoms with E-state index in [0.717, 1.165) is 6.92 Å². The molecule has 0 aliphatic rings. The molecule has 5 heteroatoms. The van der Waals surface area contributed by atoms with Crippen molar-refractivity contribution in [3.63, 3.8) is 0 Å². The third kappa shape index (κ3) is 9.06. The summed E-state index contributed by atoms with van der Waals surface area (Å²) >= 11 is 0. The van der Waals surface area contributed by atoms with Crippen LogP contribution in [0.25, 0.3) is 0 Å². The third-order valence-electron chi connectivity index (χ3n) is 2.82. The summed E-state index contributed by atoms with van der Waals surface area (Å²) in [5, 5.41) is 17.5. The lowest BCUT2D eigenvalue weighted by atomic mass is 9.87. The van der Waals surface area contributed by atoms with E-state index in [9.17, 15) is 9.18 Å². The van der Waals surface area contributed by atoms with Crippen molar-refractivity contribution in [3.05, 3.63) is 0 Å². The Morgan fingerprint density at radius 1 is 1.41 bits per heavy atom. The van der Waals surface area contributed by atoms with Gasteiger partial charge in [0.15, 0.2) is 0 Å². The number of alkyl halides is 1. The minimum absolute atomic E-state index is 0.0133. The van der Waals surface area contributed by atoms with Gasteiger partial charge in [0.25, 0.3) is 0 Å². The number of carbonyl (C=O) groups excluding carboxylic acids is 1. The lowest BCUT2D eigenvalue weighted by Gasteiger charge is -2.23. The van der Waals surface area contributed by atoms with Crippen molar-refractivity contribution in [3.8, 4) is 0 Å². The number of hydrogen-bond donors (Lipinski definition) is 2. The van der Waals surface area contributed by atoms with E-state index in [1.165, 1.54) is 0 Å². The molecule has 2 N–H and O–H groups in total. The lowest BCUT2D eigenvalue weighted by molar-refractivity contribution is -0.145. The summed E-state index contributed by atoms with van der Waals surface area (Å²) in [4.78, 5) is 11.2. The number of halogens is 1. The van der Waals surface area contributed by atoms with E-state index in [4.69, 9.17) is 14.9 Å². The highest BCUT2D eigenvalue weighted by molar-refractivity contribution is 5.69. The topological polar surface area (TPSA) is 66.8 Å². The van der Waals surface area contributed by atoms with Crippen molar-refractivity contribution in [2.75, 3.05) is 13.2 Å². The highest BCUT2D eigenvalue weighted by Crippen LogP contribution is 2.26. The van der Waals surface area contributed by atoms with Gasteiger partial charge in [-0.15, -0.1) is 0 Å². The Morgan fingerprint density at radius 3 is 2.47 bits per heavy atom. The van der Waals surface area contributed by atoms with Gasteiger partial charge in [0.05, 0.1) is 6.61 Å². The van der Waals surface area contributed by atoms with Gasteiger partial charge in [-0.2, -0.15) is 0 Å². The van der Waals surface area contributed by atoms with E-state index in [2.05, 4.69) is 0 Å². The maximum Gasteiger partial charge on any atom is 0.305 e. The van der Waals surface area contributed by atoms with E-state index in [1.807, 2.05) is 13.8 Å². The van der Waals surface area contributed by atoms with Crippen LogP contribution in [0.5, 0.6) is 0 Å². The van der Waals surface area contributed by atoms with Crippen LogP contribution in [0.15, 0.2) is 0 Å². The Labute approximate surface area is 102 Å². The maximum absolute atomic E-state index is 13.0. The lowest BCUT2D eigenvalue weighted by Crippen LogP contribution is -2.24. The van der Waals surface area contributed by atoms with E-state index in [0.29, 0.717) is 6.42 Å². The number of aliphatic hydroxyl groups excluding tert-OH is 1. The zero-order chi connectivity index (χ0) is 13.5. The van der Waals surface area contributed by atoms with Crippen LogP contribution in [0.4, 0.5) is 4.39 Å². The fraction of sp³-hybridized carbons (Fsp3) is 0.917. The molecule has 0 heterocycles. The highest BCUT2D eigenvalue weighted by atomic mass is 19.2. The molecule has 0 aliphatic heterocycles. The Balaban J connectivity index is 3.85. The van der Waals surface area contributed by atoms with Crippen LogP contribution in [0.3, 0.4) is 0 Å². The van der Waals surface area contributed by atoms with Gasteiger partial charge in [0.2, 0.25) is 5.85 Å². The second kappa shape index (κ2) is 7.61. The quantitative estimate of drug-likeness (QED) is 0.643. The average molecular weight is 250 g/mol. The second-order valence-electron chi connectivity index (χ2n) is 4.78. The third-order valence-corrected chi connectivity index (χ3v) is 2.82. The first-order chi connectivity index (χ1) is 7.76. The maximum atomic E-state index is 13.0. The normalized spacial score (nSPS) is 18.2. The summed E-state index contributed by atoms with van der Waals surface area (Å²) in [5.74, 6) is -2.41. The van der Waals surface area contributed by atoms with Crippen molar-refractivity contribution >= 4 is 5.97 Å². The SMILES string of the molecule is CC(CCC(=O)OCCO)C(C)CC(C)(O)F. The van der Waals surface area contributed by atoms with Gasteiger partial charge in [0.1, 0.15) is 6.61 Å². The second-order valence-corrected chi connectivity index (χ2v) is 4.78. The summed E-state index contributed by atoms with van der Waals surface area (Å²) in [6.45, 7) is 4.73. The molecule has 3 atom stereocenters. The van der Waals surface area contributed by atoms with Gasteiger partial charge in [-0.3, -0.25) is 4.79 Å². The molecule has 0 rings (SSSR count). The molecule has 0 saturated carbocycles. The van der Waals surface area contributed by atoms with Gasteiger partial charge in [-0.1, -0.05) is 13.8 Å². The minimum atomic E-state index is -2.16. The zero-order valence-corrected chi connectivity index (χ0v) is 10.8. The fourth-order valence-corrected chi connectivity index (χ4v) is 1.65. The molecule has 3 unspecified atom stereocenters. The van der Waals surface area contributed by atoms with E-state index in [1.54, 1.807) is 0 Å². The minimum Gasteiger partial charge on any atom is -0.463 e. The van der Waals surface area contributed by atoms with Crippen molar-refractivity contribution in [2.45, 2.75) is 45.9 Å². The highest BCUT2D eigenvalue weighted by Gasteiger charge is 2.25. The van der Waals surface area contributed by atoms with Crippen LogP contribution in [-0.2, 0) is 9.53 Å². The molecule has 102 valence electrons. The molecular formula is C12H23FO4. The number of rotatable bonds is 8. The Kier molecular flexibility index (Phi) is 7.30. The first-order valence-electron chi connectivity index (χ1n) is 5.94. The number of aliphatic hydroxyl groups is 2. The van der Waals surface area contributed by atoms with Gasteiger partial charge in [0, 0.05) is 12.8 Å². The zero-order valence-electron chi connectivity index (χ0n) is 10.8. The van der Waals surface area contributed by atoms with Gasteiger partial charge >= 0.3 is 5.97 Å². The number of ether oxygens (including phenoxy) is 1. The van der Waals surface area contributed by atoms with E-state index in [-0.39, 0.29) is 43.9 Å². The summed E-state index contributed by atoms with van der Waals surface area (Å²) in [7, 11) is 0. The Morgan fingerprint density at radius 2 is 2.00 bits per heavy atom. The van der Waals surface area contributed by atoms with Crippen LogP contribution >= 0.6 is 0 Å². The molecule has 0 saturated heterocycles. The van der Waals surface area contributed by atoms with E-state index >= 15 is 0 Å². The first kappa shape index (κ1) is 16.3. The number of esters is 1. The van der Waals surface area contributed by atoms with Crippen molar-refractivity contribution in [2.24, 2.45) is 11.8 Å². The summed E-state index contributed by atoms with van der Waals surface area (Å²) in [6, 6.07) is 0.